The predicted octanol–water partition coefficient (Wildman–Crippen LogP) is -0.380. The van der Waals surface area contributed by atoms with Crippen molar-refractivity contribution in [1.82, 2.24) is 20.0 Å². The Labute approximate surface area is 99.6 Å². The monoisotopic (exact) mass is 236 g/mol. The highest BCUT2D eigenvalue weighted by atomic mass is 16.2. The number of aromatic nitrogens is 2. The summed E-state index contributed by atoms with van der Waals surface area (Å²) >= 11 is 0. The molecule has 6 nitrogen and oxygen atoms in total. The van der Waals surface area contributed by atoms with Crippen molar-refractivity contribution >= 4 is 11.8 Å². The summed E-state index contributed by atoms with van der Waals surface area (Å²) in [6.45, 7) is 4.66. The molecule has 0 aromatic carbocycles. The third kappa shape index (κ3) is 2.46. The van der Waals surface area contributed by atoms with E-state index >= 15 is 0 Å². The second kappa shape index (κ2) is 4.20. The Balaban J connectivity index is 2.00. The van der Waals surface area contributed by atoms with Crippen molar-refractivity contribution in [3.8, 4) is 0 Å². The van der Waals surface area contributed by atoms with E-state index in [-0.39, 0.29) is 18.4 Å². The Morgan fingerprint density at radius 3 is 2.82 bits per heavy atom. The lowest BCUT2D eigenvalue weighted by molar-refractivity contribution is -0.148. The van der Waals surface area contributed by atoms with E-state index in [0.717, 1.165) is 0 Å². The van der Waals surface area contributed by atoms with Gasteiger partial charge in [-0.05, 0) is 19.9 Å². The summed E-state index contributed by atoms with van der Waals surface area (Å²) in [6, 6.07) is 1.83. The molecule has 17 heavy (non-hydrogen) atoms. The van der Waals surface area contributed by atoms with Gasteiger partial charge in [0.25, 0.3) is 0 Å². The van der Waals surface area contributed by atoms with Crippen molar-refractivity contribution in [3.63, 3.8) is 0 Å². The lowest BCUT2D eigenvalue weighted by Crippen LogP contribution is -2.64. The normalized spacial score (nSPS) is 19.3. The van der Waals surface area contributed by atoms with Gasteiger partial charge >= 0.3 is 0 Å². The van der Waals surface area contributed by atoms with Gasteiger partial charge in [0.15, 0.2) is 0 Å². The van der Waals surface area contributed by atoms with Crippen LogP contribution in [-0.4, -0.2) is 45.1 Å². The molecular weight excluding hydrogens is 220 g/mol. The summed E-state index contributed by atoms with van der Waals surface area (Å²) in [5, 5.41) is 6.74. The predicted molar refractivity (Wildman–Crippen MR) is 61.0 cm³/mol. The average molecular weight is 236 g/mol. The summed E-state index contributed by atoms with van der Waals surface area (Å²) < 4.78 is 1.74. The molecule has 0 unspecified atom stereocenters. The lowest BCUT2D eigenvalue weighted by atomic mass is 10.0. The molecule has 2 rings (SSSR count). The van der Waals surface area contributed by atoms with Crippen LogP contribution in [0.1, 0.15) is 13.8 Å². The zero-order valence-corrected chi connectivity index (χ0v) is 10.0. The molecule has 92 valence electrons. The number of carbonyl (C=O) groups is 2. The Bertz CT molecular complexity index is 425. The van der Waals surface area contributed by atoms with Gasteiger partial charge in [-0.25, -0.2) is 0 Å². The molecule has 1 aliphatic rings. The first-order valence-corrected chi connectivity index (χ1v) is 5.57. The molecule has 1 N–H and O–H groups in total. The van der Waals surface area contributed by atoms with Crippen molar-refractivity contribution in [2.75, 3.05) is 13.1 Å². The second-order valence-corrected chi connectivity index (χ2v) is 4.67. The number of rotatable bonds is 3. The summed E-state index contributed by atoms with van der Waals surface area (Å²) in [4.78, 5) is 25.1. The highest BCUT2D eigenvalue weighted by molar-refractivity contribution is 5.97. The third-order valence-electron chi connectivity index (χ3n) is 2.77. The van der Waals surface area contributed by atoms with Crippen molar-refractivity contribution < 1.29 is 9.59 Å². The van der Waals surface area contributed by atoms with Gasteiger partial charge in [-0.2, -0.15) is 5.10 Å². The molecule has 0 atom stereocenters. The van der Waals surface area contributed by atoms with Crippen molar-refractivity contribution in [3.05, 3.63) is 18.5 Å². The molecule has 0 bridgehead atoms. The highest BCUT2D eigenvalue weighted by Crippen LogP contribution is 2.12. The first-order valence-electron chi connectivity index (χ1n) is 5.57. The Morgan fingerprint density at radius 2 is 2.18 bits per heavy atom. The Morgan fingerprint density at radius 1 is 1.41 bits per heavy atom. The van der Waals surface area contributed by atoms with E-state index in [1.807, 2.05) is 12.3 Å². The molecular formula is C11H16N4O2. The van der Waals surface area contributed by atoms with Crippen LogP contribution in [0.25, 0.3) is 0 Å². The van der Waals surface area contributed by atoms with E-state index in [2.05, 4.69) is 10.4 Å². The van der Waals surface area contributed by atoms with Crippen LogP contribution in [0.3, 0.4) is 0 Å². The van der Waals surface area contributed by atoms with Gasteiger partial charge in [-0.1, -0.05) is 0 Å². The average Bonchev–Trinajstić information content (AvgIpc) is 2.73. The largest absolute Gasteiger partial charge is 0.341 e. The molecule has 1 fully saturated rings. The van der Waals surface area contributed by atoms with E-state index in [9.17, 15) is 9.59 Å². The first kappa shape index (κ1) is 11.6. The van der Waals surface area contributed by atoms with Crippen LogP contribution in [0.15, 0.2) is 18.5 Å². The van der Waals surface area contributed by atoms with Crippen LogP contribution in [0, 0.1) is 0 Å². The van der Waals surface area contributed by atoms with E-state index in [1.165, 1.54) is 0 Å². The fourth-order valence-electron chi connectivity index (χ4n) is 1.92. The fourth-order valence-corrected chi connectivity index (χ4v) is 1.92. The molecule has 2 heterocycles. The summed E-state index contributed by atoms with van der Waals surface area (Å²) in [5.41, 5.74) is -0.806. The van der Waals surface area contributed by atoms with Crippen LogP contribution in [0.2, 0.25) is 0 Å². The molecule has 1 aromatic rings. The third-order valence-corrected chi connectivity index (χ3v) is 2.77. The number of carbonyl (C=O) groups excluding carboxylic acids is 2. The molecule has 0 saturated carbocycles. The number of nitrogens with one attached hydrogen (secondary N) is 1. The second-order valence-electron chi connectivity index (χ2n) is 4.67. The minimum absolute atomic E-state index is 0.0516. The Hall–Kier alpha value is -1.85. The Kier molecular flexibility index (Phi) is 2.87. The van der Waals surface area contributed by atoms with Gasteiger partial charge in [0, 0.05) is 18.9 Å². The number of amides is 2. The van der Waals surface area contributed by atoms with Gasteiger partial charge in [-0.15, -0.1) is 0 Å². The van der Waals surface area contributed by atoms with Crippen molar-refractivity contribution in [2.24, 2.45) is 0 Å². The molecule has 2 amide bonds. The van der Waals surface area contributed by atoms with Gasteiger partial charge in [0.2, 0.25) is 11.8 Å². The van der Waals surface area contributed by atoms with Gasteiger partial charge in [-0.3, -0.25) is 14.3 Å². The van der Waals surface area contributed by atoms with Crippen LogP contribution < -0.4 is 5.32 Å². The standard InChI is InChI=1S/C11H16N4O2/c1-11(2)10(17)14(8-9(16)13-11)6-7-15-5-3-4-12-15/h3-5H,6-8H2,1-2H3,(H,13,16). The SMILES string of the molecule is CC1(C)NC(=O)CN(CCn2cccn2)C1=O. The quantitative estimate of drug-likeness (QED) is 0.778. The zero-order valence-electron chi connectivity index (χ0n) is 10.0. The van der Waals surface area contributed by atoms with Crippen LogP contribution in [-0.2, 0) is 16.1 Å². The topological polar surface area (TPSA) is 67.2 Å². The highest BCUT2D eigenvalue weighted by Gasteiger charge is 2.38. The molecule has 6 heteroatoms. The van der Waals surface area contributed by atoms with E-state index in [1.54, 1.807) is 29.6 Å². The number of hydrogen-bond donors (Lipinski definition) is 1. The van der Waals surface area contributed by atoms with E-state index in [4.69, 9.17) is 0 Å². The summed E-state index contributed by atoms with van der Waals surface area (Å²) in [7, 11) is 0. The van der Waals surface area contributed by atoms with Gasteiger partial charge in [0.1, 0.15) is 5.54 Å². The molecule has 0 aliphatic carbocycles. The minimum Gasteiger partial charge on any atom is -0.341 e. The van der Waals surface area contributed by atoms with Crippen LogP contribution in [0.5, 0.6) is 0 Å². The maximum atomic E-state index is 12.0. The summed E-state index contributed by atoms with van der Waals surface area (Å²) in [5.74, 6) is -0.167. The number of nitrogens with zero attached hydrogens (tertiary/aromatic N) is 3. The molecule has 1 aromatic heterocycles. The van der Waals surface area contributed by atoms with Crippen molar-refractivity contribution in [2.45, 2.75) is 25.9 Å². The molecule has 0 radical (unpaired) electrons. The zero-order chi connectivity index (χ0) is 12.5. The maximum Gasteiger partial charge on any atom is 0.248 e. The molecule has 1 saturated heterocycles. The minimum atomic E-state index is -0.806. The van der Waals surface area contributed by atoms with Gasteiger partial charge in [0.05, 0.1) is 13.1 Å². The fraction of sp³-hybridized carbons (Fsp3) is 0.545. The smallest absolute Gasteiger partial charge is 0.248 e. The number of piperazine rings is 1. The first-order chi connectivity index (χ1) is 7.99. The van der Waals surface area contributed by atoms with Crippen LogP contribution >= 0.6 is 0 Å². The van der Waals surface area contributed by atoms with Crippen molar-refractivity contribution in [1.29, 1.82) is 0 Å². The molecule has 1 aliphatic heterocycles. The number of hydrogen-bond acceptors (Lipinski definition) is 3. The van der Waals surface area contributed by atoms with Gasteiger partial charge < -0.3 is 10.2 Å². The lowest BCUT2D eigenvalue weighted by Gasteiger charge is -2.37. The van der Waals surface area contributed by atoms with E-state index < -0.39 is 5.54 Å². The van der Waals surface area contributed by atoms with Crippen LogP contribution in [0.4, 0.5) is 0 Å². The summed E-state index contributed by atoms with van der Waals surface area (Å²) in [6.07, 6.45) is 3.52. The molecule has 0 spiro atoms. The maximum absolute atomic E-state index is 12.0. The van der Waals surface area contributed by atoms with E-state index in [0.29, 0.717) is 13.1 Å².